The van der Waals surface area contributed by atoms with Crippen LogP contribution in [-0.4, -0.2) is 21.0 Å². The molecule has 0 aliphatic carbocycles. The Labute approximate surface area is 132 Å². The van der Waals surface area contributed by atoms with Gasteiger partial charge >= 0.3 is 0 Å². The van der Waals surface area contributed by atoms with E-state index >= 15 is 0 Å². The van der Waals surface area contributed by atoms with Crippen molar-refractivity contribution in [2.75, 3.05) is 6.54 Å². The van der Waals surface area contributed by atoms with Crippen LogP contribution in [0.25, 0.3) is 0 Å². The van der Waals surface area contributed by atoms with Crippen molar-refractivity contribution in [2.24, 2.45) is 5.73 Å². The highest BCUT2D eigenvalue weighted by Crippen LogP contribution is 2.24. The quantitative estimate of drug-likeness (QED) is 0.801. The minimum Gasteiger partial charge on any atom is -0.329 e. The Bertz CT molecular complexity index is 521. The maximum Gasteiger partial charge on any atom is 0.242 e. The topological polar surface area (TPSA) is 72.2 Å². The molecule has 0 fully saturated rings. The molecule has 3 N–H and O–H groups in total. The first-order chi connectivity index (χ1) is 8.92. The average Bonchev–Trinajstić information content (AvgIpc) is 2.37. The third-order valence-corrected chi connectivity index (χ3v) is 5.13. The SMILES string of the molecule is CCCCC(CN)NS(=O)(=O)c1cccc(C)c1Cl.Cl. The second-order valence-electron chi connectivity index (χ2n) is 4.58. The van der Waals surface area contributed by atoms with E-state index in [9.17, 15) is 8.42 Å². The van der Waals surface area contributed by atoms with Gasteiger partial charge in [0, 0.05) is 12.6 Å². The van der Waals surface area contributed by atoms with Crippen LogP contribution in [0.3, 0.4) is 0 Å². The van der Waals surface area contributed by atoms with Crippen LogP contribution in [0.15, 0.2) is 23.1 Å². The van der Waals surface area contributed by atoms with Gasteiger partial charge in [0.1, 0.15) is 4.90 Å². The molecule has 0 aliphatic heterocycles. The van der Waals surface area contributed by atoms with Gasteiger partial charge in [0.2, 0.25) is 10.0 Å². The number of nitrogens with two attached hydrogens (primary N) is 1. The van der Waals surface area contributed by atoms with Crippen LogP contribution >= 0.6 is 24.0 Å². The number of hydrogen-bond donors (Lipinski definition) is 2. The van der Waals surface area contributed by atoms with Gasteiger partial charge in [0.05, 0.1) is 5.02 Å². The molecule has 0 saturated carbocycles. The Morgan fingerprint density at radius 1 is 1.40 bits per heavy atom. The van der Waals surface area contributed by atoms with Gasteiger partial charge in [-0.1, -0.05) is 43.5 Å². The molecule has 1 unspecified atom stereocenters. The number of sulfonamides is 1. The summed E-state index contributed by atoms with van der Waals surface area (Å²) >= 11 is 6.06. The van der Waals surface area contributed by atoms with Gasteiger partial charge in [0.15, 0.2) is 0 Å². The van der Waals surface area contributed by atoms with Crippen molar-refractivity contribution in [1.29, 1.82) is 0 Å². The Kier molecular flexibility index (Phi) is 8.70. The number of unbranched alkanes of at least 4 members (excludes halogenated alkanes) is 1. The molecule has 0 saturated heterocycles. The zero-order valence-corrected chi connectivity index (χ0v) is 14.1. The van der Waals surface area contributed by atoms with Crippen molar-refractivity contribution in [3.05, 3.63) is 28.8 Å². The van der Waals surface area contributed by atoms with E-state index in [1.165, 1.54) is 6.07 Å². The molecule has 7 heteroatoms. The molecule has 0 spiro atoms. The summed E-state index contributed by atoms with van der Waals surface area (Å²) in [6, 6.07) is 4.71. The zero-order valence-electron chi connectivity index (χ0n) is 11.7. The summed E-state index contributed by atoms with van der Waals surface area (Å²) in [4.78, 5) is 0.115. The summed E-state index contributed by atoms with van der Waals surface area (Å²) in [5, 5.41) is 0.265. The molecule has 1 atom stereocenters. The van der Waals surface area contributed by atoms with Gasteiger partial charge in [-0.25, -0.2) is 13.1 Å². The molecule has 116 valence electrons. The summed E-state index contributed by atoms with van der Waals surface area (Å²) in [5.41, 5.74) is 6.35. The van der Waals surface area contributed by atoms with Crippen LogP contribution in [0, 0.1) is 6.92 Å². The van der Waals surface area contributed by atoms with Crippen molar-refractivity contribution < 1.29 is 8.42 Å². The highest BCUT2D eigenvalue weighted by atomic mass is 35.5. The van der Waals surface area contributed by atoms with Crippen molar-refractivity contribution >= 4 is 34.0 Å². The van der Waals surface area contributed by atoms with E-state index < -0.39 is 10.0 Å². The third-order valence-electron chi connectivity index (χ3n) is 2.96. The van der Waals surface area contributed by atoms with E-state index in [2.05, 4.69) is 11.6 Å². The van der Waals surface area contributed by atoms with Crippen LogP contribution in [0.5, 0.6) is 0 Å². The molecule has 1 aromatic rings. The maximum atomic E-state index is 12.3. The van der Waals surface area contributed by atoms with Crippen molar-refractivity contribution in [1.82, 2.24) is 4.72 Å². The zero-order chi connectivity index (χ0) is 14.5. The normalized spacial score (nSPS) is 12.8. The fraction of sp³-hybridized carbons (Fsp3) is 0.538. The van der Waals surface area contributed by atoms with E-state index in [1.807, 2.05) is 0 Å². The smallest absolute Gasteiger partial charge is 0.242 e. The lowest BCUT2D eigenvalue weighted by atomic mass is 10.1. The van der Waals surface area contributed by atoms with Crippen LogP contribution in [0.1, 0.15) is 31.7 Å². The Hall–Kier alpha value is -0.330. The molecule has 0 aromatic heterocycles. The summed E-state index contributed by atoms with van der Waals surface area (Å²) in [7, 11) is -3.62. The van der Waals surface area contributed by atoms with Crippen LogP contribution in [0.2, 0.25) is 5.02 Å². The number of nitrogens with one attached hydrogen (secondary N) is 1. The number of rotatable bonds is 7. The standard InChI is InChI=1S/C13H21ClN2O2S.ClH/c1-3-4-7-11(9-15)16-19(17,18)12-8-5-6-10(2)13(12)14;/h5-6,8,11,16H,3-4,7,9,15H2,1-2H3;1H. The predicted octanol–water partition coefficient (Wildman–Crippen LogP) is 2.87. The monoisotopic (exact) mass is 340 g/mol. The molecule has 0 bridgehead atoms. The fourth-order valence-electron chi connectivity index (χ4n) is 1.79. The lowest BCUT2D eigenvalue weighted by molar-refractivity contribution is 0.516. The highest BCUT2D eigenvalue weighted by molar-refractivity contribution is 7.89. The first-order valence-corrected chi connectivity index (χ1v) is 8.26. The van der Waals surface area contributed by atoms with E-state index in [-0.39, 0.29) is 34.9 Å². The molecular weight excluding hydrogens is 319 g/mol. The van der Waals surface area contributed by atoms with Gasteiger partial charge in [-0.15, -0.1) is 12.4 Å². The highest BCUT2D eigenvalue weighted by Gasteiger charge is 2.22. The maximum absolute atomic E-state index is 12.3. The van der Waals surface area contributed by atoms with E-state index in [1.54, 1.807) is 19.1 Å². The van der Waals surface area contributed by atoms with Gasteiger partial charge in [-0.3, -0.25) is 0 Å². The number of benzene rings is 1. The molecular formula is C13H22Cl2N2O2S. The molecule has 0 amide bonds. The first kappa shape index (κ1) is 19.7. The predicted molar refractivity (Wildman–Crippen MR) is 86.1 cm³/mol. The van der Waals surface area contributed by atoms with Crippen LogP contribution in [-0.2, 0) is 10.0 Å². The summed E-state index contributed by atoms with van der Waals surface area (Å²) in [6.07, 6.45) is 2.67. The molecule has 4 nitrogen and oxygen atoms in total. The Balaban J connectivity index is 0.00000361. The fourth-order valence-corrected chi connectivity index (χ4v) is 3.65. The molecule has 0 aliphatic rings. The second kappa shape index (κ2) is 8.85. The molecule has 1 aromatic carbocycles. The van der Waals surface area contributed by atoms with Crippen LogP contribution < -0.4 is 10.5 Å². The summed E-state index contributed by atoms with van der Waals surface area (Å²) in [5.74, 6) is 0. The first-order valence-electron chi connectivity index (χ1n) is 6.40. The number of hydrogen-bond acceptors (Lipinski definition) is 3. The van der Waals surface area contributed by atoms with Gasteiger partial charge in [-0.2, -0.15) is 0 Å². The Morgan fingerprint density at radius 2 is 2.05 bits per heavy atom. The lowest BCUT2D eigenvalue weighted by Crippen LogP contribution is -2.40. The minimum absolute atomic E-state index is 0. The number of halogens is 2. The minimum atomic E-state index is -3.62. The van der Waals surface area contributed by atoms with E-state index in [4.69, 9.17) is 17.3 Å². The average molecular weight is 341 g/mol. The molecule has 20 heavy (non-hydrogen) atoms. The Morgan fingerprint density at radius 3 is 2.60 bits per heavy atom. The lowest BCUT2D eigenvalue weighted by Gasteiger charge is -2.17. The van der Waals surface area contributed by atoms with Gasteiger partial charge in [-0.05, 0) is 25.0 Å². The molecule has 0 radical (unpaired) electrons. The van der Waals surface area contributed by atoms with Crippen molar-refractivity contribution in [2.45, 2.75) is 44.0 Å². The van der Waals surface area contributed by atoms with E-state index in [0.29, 0.717) is 0 Å². The second-order valence-corrected chi connectivity index (χ2v) is 6.64. The van der Waals surface area contributed by atoms with Crippen molar-refractivity contribution in [3.8, 4) is 0 Å². The largest absolute Gasteiger partial charge is 0.329 e. The van der Waals surface area contributed by atoms with E-state index in [0.717, 1.165) is 24.8 Å². The third kappa shape index (κ3) is 5.22. The van der Waals surface area contributed by atoms with Crippen molar-refractivity contribution in [3.63, 3.8) is 0 Å². The molecule has 0 heterocycles. The molecule has 1 rings (SSSR count). The summed E-state index contributed by atoms with van der Waals surface area (Å²) in [6.45, 7) is 4.11. The summed E-state index contributed by atoms with van der Waals surface area (Å²) < 4.78 is 27.2. The van der Waals surface area contributed by atoms with Gasteiger partial charge in [0.25, 0.3) is 0 Å². The van der Waals surface area contributed by atoms with Gasteiger partial charge < -0.3 is 5.73 Å². The number of aryl methyl sites for hydroxylation is 1. The van der Waals surface area contributed by atoms with Crippen LogP contribution in [0.4, 0.5) is 0 Å².